The lowest BCUT2D eigenvalue weighted by Gasteiger charge is -2.57. The van der Waals surface area contributed by atoms with Gasteiger partial charge in [0.15, 0.2) is 0 Å². The van der Waals surface area contributed by atoms with Gasteiger partial charge in [0.1, 0.15) is 0 Å². The summed E-state index contributed by atoms with van der Waals surface area (Å²) in [6, 6.07) is 0. The number of hydrogen-bond donors (Lipinski definition) is 1. The third-order valence-corrected chi connectivity index (χ3v) is 7.92. The van der Waals surface area contributed by atoms with E-state index in [1.54, 1.807) is 0 Å². The summed E-state index contributed by atoms with van der Waals surface area (Å²) in [5, 5.41) is 3.41. The maximum absolute atomic E-state index is 12.8. The molecule has 5 rings (SSSR count). The van der Waals surface area contributed by atoms with E-state index in [1.807, 2.05) is 0 Å². The van der Waals surface area contributed by atoms with E-state index in [9.17, 15) is 13.2 Å². The Labute approximate surface area is 139 Å². The molecular formula is C17H28N2O3S. The molecule has 0 aromatic heterocycles. The number of nitrogens with one attached hydrogen (secondary N) is 1. The summed E-state index contributed by atoms with van der Waals surface area (Å²) in [5.74, 6) is 2.34. The van der Waals surface area contributed by atoms with E-state index in [1.165, 1.54) is 29.8 Å². The summed E-state index contributed by atoms with van der Waals surface area (Å²) >= 11 is 0. The number of hydrogen-bond acceptors (Lipinski definition) is 3. The molecule has 1 atom stereocenters. The number of nitrogens with zero attached hydrogens (tertiary/aromatic N) is 1. The summed E-state index contributed by atoms with van der Waals surface area (Å²) in [6.45, 7) is 0.914. The van der Waals surface area contributed by atoms with Crippen molar-refractivity contribution in [3.05, 3.63) is 0 Å². The molecule has 0 aromatic rings. The van der Waals surface area contributed by atoms with E-state index in [0.717, 1.165) is 49.9 Å². The third-order valence-electron chi connectivity index (χ3n) is 6.65. The number of sulfonamides is 1. The molecule has 4 saturated carbocycles. The normalized spacial score (nSPS) is 43.5. The van der Waals surface area contributed by atoms with E-state index in [0.29, 0.717) is 13.1 Å². The molecule has 1 saturated heterocycles. The van der Waals surface area contributed by atoms with Crippen LogP contribution in [-0.2, 0) is 14.8 Å². The zero-order valence-electron chi connectivity index (χ0n) is 14.0. The summed E-state index contributed by atoms with van der Waals surface area (Å²) < 4.78 is 25.0. The smallest absolute Gasteiger partial charge is 0.224 e. The number of piperidine rings is 1. The fourth-order valence-electron chi connectivity index (χ4n) is 6.08. The summed E-state index contributed by atoms with van der Waals surface area (Å²) in [7, 11) is -3.19. The highest BCUT2D eigenvalue weighted by atomic mass is 32.2. The minimum atomic E-state index is -3.19. The van der Waals surface area contributed by atoms with Gasteiger partial charge in [0.05, 0.1) is 12.2 Å². The Balaban J connectivity index is 1.44. The van der Waals surface area contributed by atoms with Crippen LogP contribution in [0.3, 0.4) is 0 Å². The van der Waals surface area contributed by atoms with Crippen molar-refractivity contribution in [1.82, 2.24) is 9.62 Å². The van der Waals surface area contributed by atoms with Crippen LogP contribution in [0, 0.1) is 23.7 Å². The minimum Gasteiger partial charge on any atom is -0.350 e. The van der Waals surface area contributed by atoms with Crippen LogP contribution in [0.1, 0.15) is 51.4 Å². The molecule has 4 aliphatic carbocycles. The molecule has 130 valence electrons. The van der Waals surface area contributed by atoms with Crippen molar-refractivity contribution < 1.29 is 13.2 Å². The van der Waals surface area contributed by atoms with E-state index in [2.05, 4.69) is 5.32 Å². The first-order valence-electron chi connectivity index (χ1n) is 9.10. The second-order valence-corrected chi connectivity index (χ2v) is 10.6. The van der Waals surface area contributed by atoms with E-state index < -0.39 is 10.0 Å². The predicted molar refractivity (Wildman–Crippen MR) is 88.2 cm³/mol. The lowest BCUT2D eigenvalue weighted by Crippen LogP contribution is -2.61. The molecule has 1 N–H and O–H groups in total. The molecule has 6 heteroatoms. The first-order valence-corrected chi connectivity index (χ1v) is 10.9. The zero-order chi connectivity index (χ0) is 16.2. The molecule has 23 heavy (non-hydrogen) atoms. The topological polar surface area (TPSA) is 66.5 Å². The molecule has 0 spiro atoms. The van der Waals surface area contributed by atoms with Gasteiger partial charge in [-0.25, -0.2) is 12.7 Å². The van der Waals surface area contributed by atoms with Gasteiger partial charge in [0, 0.05) is 18.6 Å². The number of rotatable bonds is 3. The van der Waals surface area contributed by atoms with Gasteiger partial charge < -0.3 is 5.32 Å². The highest BCUT2D eigenvalue weighted by molar-refractivity contribution is 7.88. The highest BCUT2D eigenvalue weighted by Crippen LogP contribution is 2.55. The van der Waals surface area contributed by atoms with Crippen LogP contribution in [0.4, 0.5) is 0 Å². The maximum Gasteiger partial charge on any atom is 0.224 e. The molecular weight excluding hydrogens is 312 g/mol. The average Bonchev–Trinajstić information content (AvgIpc) is 2.44. The van der Waals surface area contributed by atoms with Gasteiger partial charge in [-0.3, -0.25) is 4.79 Å². The predicted octanol–water partition coefficient (Wildman–Crippen LogP) is 1.74. The highest BCUT2D eigenvalue weighted by Gasteiger charge is 2.52. The fraction of sp³-hybridized carbons (Fsp3) is 0.941. The van der Waals surface area contributed by atoms with Crippen molar-refractivity contribution >= 4 is 15.9 Å². The van der Waals surface area contributed by atoms with Crippen molar-refractivity contribution in [1.29, 1.82) is 0 Å². The van der Waals surface area contributed by atoms with Crippen LogP contribution in [0.2, 0.25) is 0 Å². The molecule has 1 heterocycles. The Morgan fingerprint density at radius 1 is 1.09 bits per heavy atom. The first-order chi connectivity index (χ1) is 10.8. The van der Waals surface area contributed by atoms with Crippen LogP contribution in [0.5, 0.6) is 0 Å². The van der Waals surface area contributed by atoms with Gasteiger partial charge in [-0.15, -0.1) is 0 Å². The second kappa shape index (κ2) is 5.45. The zero-order valence-corrected chi connectivity index (χ0v) is 14.8. The van der Waals surface area contributed by atoms with Crippen LogP contribution >= 0.6 is 0 Å². The molecule has 0 aromatic carbocycles. The van der Waals surface area contributed by atoms with Gasteiger partial charge in [0.2, 0.25) is 15.9 Å². The van der Waals surface area contributed by atoms with E-state index >= 15 is 0 Å². The minimum absolute atomic E-state index is 0.0270. The molecule has 0 unspecified atom stereocenters. The van der Waals surface area contributed by atoms with Crippen molar-refractivity contribution in [2.24, 2.45) is 23.7 Å². The summed E-state index contributed by atoms with van der Waals surface area (Å²) in [4.78, 5) is 12.8. The molecule has 1 aliphatic heterocycles. The molecule has 4 bridgehead atoms. The number of amides is 1. The molecule has 0 radical (unpaired) electrons. The van der Waals surface area contributed by atoms with Crippen LogP contribution in [0.25, 0.3) is 0 Å². The second-order valence-electron chi connectivity index (χ2n) is 8.65. The lowest BCUT2D eigenvalue weighted by atomic mass is 9.53. The quantitative estimate of drug-likeness (QED) is 0.851. The maximum atomic E-state index is 12.8. The standard InChI is InChI=1S/C17H28N2O3S/c1-23(21,22)19-4-2-3-15(11-19)16(20)18-17-8-12-5-13(9-17)7-14(6-12)10-17/h12-15H,2-11H2,1H3,(H,18,20)/t12?,13?,14?,15-,17?/m1/s1. The Bertz CT molecular complexity index is 566. The number of carbonyl (C=O) groups excluding carboxylic acids is 1. The van der Waals surface area contributed by atoms with E-state index in [4.69, 9.17) is 0 Å². The van der Waals surface area contributed by atoms with Crippen molar-refractivity contribution in [2.75, 3.05) is 19.3 Å². The Morgan fingerprint density at radius 2 is 1.65 bits per heavy atom. The largest absolute Gasteiger partial charge is 0.350 e. The van der Waals surface area contributed by atoms with Gasteiger partial charge in [-0.05, 0) is 69.1 Å². The van der Waals surface area contributed by atoms with Gasteiger partial charge in [-0.1, -0.05) is 0 Å². The summed E-state index contributed by atoms with van der Waals surface area (Å²) in [5.41, 5.74) is 0.0270. The van der Waals surface area contributed by atoms with Crippen molar-refractivity contribution in [3.63, 3.8) is 0 Å². The molecule has 5 fully saturated rings. The number of carbonyl (C=O) groups is 1. The average molecular weight is 340 g/mol. The summed E-state index contributed by atoms with van der Waals surface area (Å²) in [6.07, 6.45) is 10.4. The van der Waals surface area contributed by atoms with E-state index in [-0.39, 0.29) is 17.4 Å². The van der Waals surface area contributed by atoms with Gasteiger partial charge in [0.25, 0.3) is 0 Å². The van der Waals surface area contributed by atoms with Crippen LogP contribution < -0.4 is 5.32 Å². The Kier molecular flexibility index (Phi) is 3.76. The first kappa shape index (κ1) is 15.9. The Morgan fingerprint density at radius 3 is 2.17 bits per heavy atom. The fourth-order valence-corrected chi connectivity index (χ4v) is 7.00. The molecule has 5 aliphatic rings. The van der Waals surface area contributed by atoms with Gasteiger partial charge in [-0.2, -0.15) is 0 Å². The SMILES string of the molecule is CS(=O)(=O)N1CCC[C@@H](C(=O)NC23CC4CC(CC(C4)C2)C3)C1. The van der Waals surface area contributed by atoms with Crippen LogP contribution in [-0.4, -0.2) is 43.5 Å². The molecule has 5 nitrogen and oxygen atoms in total. The third kappa shape index (κ3) is 3.04. The van der Waals surface area contributed by atoms with Crippen molar-refractivity contribution in [2.45, 2.75) is 56.9 Å². The Hall–Kier alpha value is -0.620. The van der Waals surface area contributed by atoms with Crippen LogP contribution in [0.15, 0.2) is 0 Å². The lowest BCUT2D eigenvalue weighted by molar-refractivity contribution is -0.131. The monoisotopic (exact) mass is 340 g/mol. The van der Waals surface area contributed by atoms with Crippen molar-refractivity contribution in [3.8, 4) is 0 Å². The molecule has 1 amide bonds. The van der Waals surface area contributed by atoms with Gasteiger partial charge >= 0.3 is 0 Å².